The molecule has 1 aromatic rings. The van der Waals surface area contributed by atoms with Crippen LogP contribution >= 0.6 is 0 Å². The summed E-state index contributed by atoms with van der Waals surface area (Å²) in [6, 6.07) is -0.217. The van der Waals surface area contributed by atoms with Gasteiger partial charge < -0.3 is 15.0 Å². The topological polar surface area (TPSA) is 74.2 Å². The van der Waals surface area contributed by atoms with Crippen molar-refractivity contribution in [3.8, 4) is 0 Å². The Morgan fingerprint density at radius 3 is 2.35 bits per heavy atom. The average Bonchev–Trinajstić information content (AvgIpc) is 2.73. The molecule has 1 aromatic heterocycles. The van der Waals surface area contributed by atoms with E-state index < -0.39 is 0 Å². The van der Waals surface area contributed by atoms with E-state index in [1.807, 2.05) is 20.8 Å². The van der Waals surface area contributed by atoms with Crippen LogP contribution in [0.4, 0.5) is 0 Å². The second kappa shape index (κ2) is 6.12. The summed E-state index contributed by atoms with van der Waals surface area (Å²) < 4.78 is 10.8. The summed E-state index contributed by atoms with van der Waals surface area (Å²) in [5.41, 5.74) is 5.96. The van der Waals surface area contributed by atoms with Gasteiger partial charge in [-0.2, -0.15) is 4.98 Å². The second-order valence-corrected chi connectivity index (χ2v) is 4.88. The maximum absolute atomic E-state index is 5.96. The highest BCUT2D eigenvalue weighted by molar-refractivity contribution is 4.97. The van der Waals surface area contributed by atoms with Crippen LogP contribution in [-0.2, 0) is 4.74 Å². The number of hydrogen-bond donors (Lipinski definition) is 1. The van der Waals surface area contributed by atoms with E-state index >= 15 is 0 Å². The smallest absolute Gasteiger partial charge is 0.243 e. The van der Waals surface area contributed by atoms with Crippen LogP contribution in [0.25, 0.3) is 0 Å². The molecule has 5 heteroatoms. The van der Waals surface area contributed by atoms with Gasteiger partial charge in [-0.3, -0.25) is 0 Å². The first kappa shape index (κ1) is 14.1. The zero-order chi connectivity index (χ0) is 13.0. The molecule has 2 atom stereocenters. The molecule has 0 aliphatic carbocycles. The van der Waals surface area contributed by atoms with Gasteiger partial charge in [0.05, 0.1) is 6.04 Å². The van der Waals surface area contributed by atoms with Crippen LogP contribution in [0.15, 0.2) is 4.52 Å². The van der Waals surface area contributed by atoms with Gasteiger partial charge in [0.15, 0.2) is 0 Å². The molecule has 0 bridgehead atoms. The lowest BCUT2D eigenvalue weighted by atomic mass is 10.1. The predicted octanol–water partition coefficient (Wildman–Crippen LogP) is 2.46. The highest BCUT2D eigenvalue weighted by Crippen LogP contribution is 2.25. The van der Waals surface area contributed by atoms with Crippen LogP contribution < -0.4 is 5.73 Å². The Hall–Kier alpha value is -0.940. The predicted molar refractivity (Wildman–Crippen MR) is 65.3 cm³/mol. The highest BCUT2D eigenvalue weighted by atomic mass is 16.5. The Labute approximate surface area is 103 Å². The molecule has 98 valence electrons. The summed E-state index contributed by atoms with van der Waals surface area (Å²) in [6.07, 6.45) is -0.128. The Bertz CT molecular complexity index is 336. The van der Waals surface area contributed by atoms with Crippen LogP contribution in [0.3, 0.4) is 0 Å². The van der Waals surface area contributed by atoms with Gasteiger partial charge in [0.25, 0.3) is 0 Å². The maximum Gasteiger partial charge on any atom is 0.243 e. The zero-order valence-corrected chi connectivity index (χ0v) is 11.3. The molecule has 1 unspecified atom stereocenters. The van der Waals surface area contributed by atoms with Gasteiger partial charge in [-0.15, -0.1) is 0 Å². The fraction of sp³-hybridized carbons (Fsp3) is 0.833. The fourth-order valence-corrected chi connectivity index (χ4v) is 1.53. The van der Waals surface area contributed by atoms with Crippen molar-refractivity contribution in [2.75, 3.05) is 6.61 Å². The monoisotopic (exact) mass is 241 g/mol. The van der Waals surface area contributed by atoms with Gasteiger partial charge in [-0.25, -0.2) is 0 Å². The van der Waals surface area contributed by atoms with Gasteiger partial charge in [-0.05, 0) is 18.8 Å². The normalized spacial score (nSPS) is 15.5. The number of nitrogens with zero attached hydrogens (tertiary/aromatic N) is 2. The van der Waals surface area contributed by atoms with E-state index in [4.69, 9.17) is 15.0 Å². The summed E-state index contributed by atoms with van der Waals surface area (Å²) in [5.74, 6) is 1.65. The van der Waals surface area contributed by atoms with Crippen molar-refractivity contribution in [1.82, 2.24) is 10.1 Å². The molecule has 0 saturated carbocycles. The van der Waals surface area contributed by atoms with E-state index in [2.05, 4.69) is 24.0 Å². The van der Waals surface area contributed by atoms with Crippen molar-refractivity contribution in [1.29, 1.82) is 0 Å². The molecule has 5 nitrogen and oxygen atoms in total. The Morgan fingerprint density at radius 1 is 1.24 bits per heavy atom. The molecule has 0 aliphatic rings. The van der Waals surface area contributed by atoms with Crippen LogP contribution in [0.1, 0.15) is 58.5 Å². The standard InChI is InChI=1S/C12H23N3O2/c1-6-16-10(8(4)5)11-14-12(17-15-11)9(13)7(2)3/h7-10H,6,13H2,1-5H3/t9-,10?/m1/s1. The molecule has 1 rings (SSSR count). The second-order valence-electron chi connectivity index (χ2n) is 4.88. The number of aromatic nitrogens is 2. The third kappa shape index (κ3) is 3.51. The minimum absolute atomic E-state index is 0.128. The van der Waals surface area contributed by atoms with E-state index in [0.29, 0.717) is 24.2 Å². The van der Waals surface area contributed by atoms with E-state index in [1.165, 1.54) is 0 Å². The van der Waals surface area contributed by atoms with Crippen LogP contribution in [0.5, 0.6) is 0 Å². The largest absolute Gasteiger partial charge is 0.370 e. The summed E-state index contributed by atoms with van der Waals surface area (Å²) in [6.45, 7) is 10.8. The molecule has 17 heavy (non-hydrogen) atoms. The molecule has 0 aliphatic heterocycles. The number of hydrogen-bond acceptors (Lipinski definition) is 5. The lowest BCUT2D eigenvalue weighted by Crippen LogP contribution is -2.18. The van der Waals surface area contributed by atoms with Crippen LogP contribution in [-0.4, -0.2) is 16.7 Å². The first-order valence-electron chi connectivity index (χ1n) is 6.18. The van der Waals surface area contributed by atoms with E-state index in [-0.39, 0.29) is 18.1 Å². The first-order valence-corrected chi connectivity index (χ1v) is 6.18. The zero-order valence-electron chi connectivity index (χ0n) is 11.3. The molecular formula is C12H23N3O2. The van der Waals surface area contributed by atoms with Gasteiger partial charge in [0.1, 0.15) is 6.10 Å². The van der Waals surface area contributed by atoms with Crippen molar-refractivity contribution in [3.05, 3.63) is 11.7 Å². The van der Waals surface area contributed by atoms with Gasteiger partial charge in [0, 0.05) is 6.61 Å². The lowest BCUT2D eigenvalue weighted by molar-refractivity contribution is 0.0217. The van der Waals surface area contributed by atoms with Crippen molar-refractivity contribution in [2.45, 2.75) is 46.8 Å². The molecule has 0 fully saturated rings. The summed E-state index contributed by atoms with van der Waals surface area (Å²) in [5, 5.41) is 3.97. The Balaban J connectivity index is 2.84. The van der Waals surface area contributed by atoms with Gasteiger partial charge in [0.2, 0.25) is 11.7 Å². The van der Waals surface area contributed by atoms with Crippen molar-refractivity contribution >= 4 is 0 Å². The highest BCUT2D eigenvalue weighted by Gasteiger charge is 2.24. The quantitative estimate of drug-likeness (QED) is 0.828. The Morgan fingerprint density at radius 2 is 1.88 bits per heavy atom. The van der Waals surface area contributed by atoms with Crippen molar-refractivity contribution in [3.63, 3.8) is 0 Å². The number of ether oxygens (including phenoxy) is 1. The summed E-state index contributed by atoms with van der Waals surface area (Å²) >= 11 is 0. The average molecular weight is 241 g/mol. The summed E-state index contributed by atoms with van der Waals surface area (Å²) in [7, 11) is 0. The van der Waals surface area contributed by atoms with E-state index in [0.717, 1.165) is 0 Å². The molecule has 0 spiro atoms. The van der Waals surface area contributed by atoms with E-state index in [9.17, 15) is 0 Å². The van der Waals surface area contributed by atoms with Crippen molar-refractivity contribution in [2.24, 2.45) is 17.6 Å². The molecule has 0 saturated heterocycles. The number of nitrogens with two attached hydrogens (primary N) is 1. The maximum atomic E-state index is 5.96. The Kier molecular flexibility index (Phi) is 5.08. The van der Waals surface area contributed by atoms with Crippen LogP contribution in [0, 0.1) is 11.8 Å². The van der Waals surface area contributed by atoms with Gasteiger partial charge in [-0.1, -0.05) is 32.9 Å². The molecular weight excluding hydrogens is 218 g/mol. The minimum Gasteiger partial charge on any atom is -0.370 e. The van der Waals surface area contributed by atoms with E-state index in [1.54, 1.807) is 0 Å². The molecule has 2 N–H and O–H groups in total. The lowest BCUT2D eigenvalue weighted by Gasteiger charge is -2.16. The van der Waals surface area contributed by atoms with Crippen molar-refractivity contribution < 1.29 is 9.26 Å². The minimum atomic E-state index is -0.217. The third-order valence-electron chi connectivity index (χ3n) is 2.67. The third-order valence-corrected chi connectivity index (χ3v) is 2.67. The molecule has 0 aromatic carbocycles. The SMILES string of the molecule is CCOC(c1noc([C@H](N)C(C)C)n1)C(C)C. The summed E-state index contributed by atoms with van der Waals surface area (Å²) in [4.78, 5) is 4.34. The fourth-order valence-electron chi connectivity index (χ4n) is 1.53. The molecule has 0 radical (unpaired) electrons. The molecule has 1 heterocycles. The number of rotatable bonds is 6. The molecule has 0 amide bonds. The van der Waals surface area contributed by atoms with Gasteiger partial charge >= 0.3 is 0 Å². The first-order chi connectivity index (χ1) is 7.97. The van der Waals surface area contributed by atoms with Crippen LogP contribution in [0.2, 0.25) is 0 Å².